The summed E-state index contributed by atoms with van der Waals surface area (Å²) in [4.78, 5) is 40.6. The Labute approximate surface area is 124 Å². The standard InChI is InChI=1S/C14H22N4O3/c1-2-10(11-12(19)16-14(21)17-13(11)20)15-6-9-18-7-4-3-5-8-18/h11H,2-9H2,1H3,(H2,16,17,19,20,21)/p+1. The van der Waals surface area contributed by atoms with Gasteiger partial charge >= 0.3 is 6.03 Å². The average Bonchev–Trinajstić information content (AvgIpc) is 2.45. The molecule has 0 saturated carbocycles. The summed E-state index contributed by atoms with van der Waals surface area (Å²) in [6.07, 6.45) is 4.35. The van der Waals surface area contributed by atoms with Crippen LogP contribution in [0.4, 0.5) is 4.79 Å². The van der Waals surface area contributed by atoms with Crippen LogP contribution >= 0.6 is 0 Å². The third kappa shape index (κ3) is 4.10. The summed E-state index contributed by atoms with van der Waals surface area (Å²) in [6.45, 7) is 5.76. The normalized spacial score (nSPS) is 22.1. The molecule has 2 rings (SSSR count). The molecule has 0 spiro atoms. The van der Waals surface area contributed by atoms with Crippen molar-refractivity contribution >= 4 is 23.6 Å². The molecule has 0 atom stereocenters. The van der Waals surface area contributed by atoms with Gasteiger partial charge < -0.3 is 4.90 Å². The van der Waals surface area contributed by atoms with Crippen LogP contribution in [0, 0.1) is 5.92 Å². The maximum absolute atomic E-state index is 11.8. The zero-order chi connectivity index (χ0) is 15.2. The number of carbonyl (C=O) groups excluding carboxylic acids is 3. The number of imide groups is 2. The summed E-state index contributed by atoms with van der Waals surface area (Å²) in [5, 5.41) is 4.24. The number of amides is 4. The van der Waals surface area contributed by atoms with Gasteiger partial charge in [0.2, 0.25) is 11.8 Å². The number of rotatable bonds is 5. The van der Waals surface area contributed by atoms with Crippen molar-refractivity contribution in [2.45, 2.75) is 32.6 Å². The fourth-order valence-corrected chi connectivity index (χ4v) is 2.89. The Hall–Kier alpha value is -1.76. The Kier molecular flexibility index (Phi) is 5.44. The van der Waals surface area contributed by atoms with Crippen LogP contribution in [-0.2, 0) is 9.59 Å². The number of barbiturate groups is 1. The minimum Gasteiger partial charge on any atom is -0.333 e. The van der Waals surface area contributed by atoms with Gasteiger partial charge in [-0.05, 0) is 25.7 Å². The molecule has 3 N–H and O–H groups in total. The van der Waals surface area contributed by atoms with E-state index in [-0.39, 0.29) is 0 Å². The summed E-state index contributed by atoms with van der Waals surface area (Å²) in [5.41, 5.74) is 0.550. The van der Waals surface area contributed by atoms with Crippen molar-refractivity contribution in [3.8, 4) is 0 Å². The van der Waals surface area contributed by atoms with Crippen molar-refractivity contribution in [1.29, 1.82) is 0 Å². The van der Waals surface area contributed by atoms with Gasteiger partial charge in [0.15, 0.2) is 5.92 Å². The summed E-state index contributed by atoms with van der Waals surface area (Å²) in [6, 6.07) is -0.755. The number of hydrogen-bond acceptors (Lipinski definition) is 4. The van der Waals surface area contributed by atoms with Gasteiger partial charge in [-0.25, -0.2) is 4.79 Å². The van der Waals surface area contributed by atoms with Crippen LogP contribution in [0.25, 0.3) is 0 Å². The number of hydrogen-bond donors (Lipinski definition) is 3. The van der Waals surface area contributed by atoms with Gasteiger partial charge in [-0.1, -0.05) is 6.92 Å². The maximum atomic E-state index is 11.8. The predicted octanol–water partition coefficient (Wildman–Crippen LogP) is -1.11. The molecule has 0 aromatic carbocycles. The van der Waals surface area contributed by atoms with Gasteiger partial charge in [0.25, 0.3) is 0 Å². The number of aliphatic imine (C=N–C) groups is 1. The molecule has 2 aliphatic rings. The summed E-state index contributed by atoms with van der Waals surface area (Å²) in [7, 11) is 0. The first-order valence-electron chi connectivity index (χ1n) is 7.64. The van der Waals surface area contributed by atoms with E-state index in [9.17, 15) is 14.4 Å². The van der Waals surface area contributed by atoms with E-state index < -0.39 is 23.8 Å². The molecule has 21 heavy (non-hydrogen) atoms. The van der Waals surface area contributed by atoms with Crippen molar-refractivity contribution in [3.63, 3.8) is 0 Å². The lowest BCUT2D eigenvalue weighted by Gasteiger charge is -2.24. The number of carbonyl (C=O) groups is 3. The van der Waals surface area contributed by atoms with E-state index >= 15 is 0 Å². The van der Waals surface area contributed by atoms with Gasteiger partial charge in [0, 0.05) is 5.71 Å². The topological polar surface area (TPSA) is 92.1 Å². The fourth-order valence-electron chi connectivity index (χ4n) is 2.89. The van der Waals surface area contributed by atoms with Crippen LogP contribution in [0.3, 0.4) is 0 Å². The van der Waals surface area contributed by atoms with E-state index in [1.165, 1.54) is 37.3 Å². The van der Waals surface area contributed by atoms with Crippen molar-refractivity contribution in [2.24, 2.45) is 10.9 Å². The van der Waals surface area contributed by atoms with E-state index in [1.807, 2.05) is 6.92 Å². The van der Waals surface area contributed by atoms with E-state index in [2.05, 4.69) is 15.6 Å². The molecule has 2 heterocycles. The molecule has 2 fully saturated rings. The molecule has 0 aromatic heterocycles. The van der Waals surface area contributed by atoms with E-state index in [4.69, 9.17) is 0 Å². The first-order valence-corrected chi connectivity index (χ1v) is 7.64. The van der Waals surface area contributed by atoms with Crippen LogP contribution in [0.5, 0.6) is 0 Å². The molecule has 2 aliphatic heterocycles. The largest absolute Gasteiger partial charge is 0.333 e. The number of piperidine rings is 1. The number of quaternary nitrogens is 1. The molecule has 2 saturated heterocycles. The molecule has 116 valence electrons. The van der Waals surface area contributed by atoms with Crippen molar-refractivity contribution in [2.75, 3.05) is 26.2 Å². The molecule has 7 heteroatoms. The van der Waals surface area contributed by atoms with Crippen LogP contribution in [0.1, 0.15) is 32.6 Å². The monoisotopic (exact) mass is 295 g/mol. The Bertz CT molecular complexity index is 435. The molecule has 4 amide bonds. The smallest absolute Gasteiger partial charge is 0.328 e. The first kappa shape index (κ1) is 15.6. The Morgan fingerprint density at radius 2 is 1.76 bits per heavy atom. The molecule has 0 aromatic rings. The summed E-state index contributed by atoms with van der Waals surface area (Å²) in [5.74, 6) is -2.12. The average molecular weight is 295 g/mol. The number of likely N-dealkylation sites (tertiary alicyclic amines) is 1. The molecule has 0 radical (unpaired) electrons. The predicted molar refractivity (Wildman–Crippen MR) is 77.2 cm³/mol. The van der Waals surface area contributed by atoms with Gasteiger partial charge in [0.1, 0.15) is 0 Å². The third-order valence-electron chi connectivity index (χ3n) is 4.03. The molecule has 0 unspecified atom stereocenters. The van der Waals surface area contributed by atoms with Gasteiger partial charge in [-0.2, -0.15) is 0 Å². The van der Waals surface area contributed by atoms with Crippen molar-refractivity contribution in [3.05, 3.63) is 0 Å². The van der Waals surface area contributed by atoms with Gasteiger partial charge in [0.05, 0.1) is 26.2 Å². The van der Waals surface area contributed by atoms with Crippen LogP contribution < -0.4 is 15.5 Å². The van der Waals surface area contributed by atoms with E-state index in [0.717, 1.165) is 6.54 Å². The van der Waals surface area contributed by atoms with Crippen LogP contribution in [-0.4, -0.2) is 49.7 Å². The van der Waals surface area contributed by atoms with Crippen LogP contribution in [0.15, 0.2) is 4.99 Å². The molecular formula is C14H23N4O3+. The maximum Gasteiger partial charge on any atom is 0.328 e. The second kappa shape index (κ2) is 7.31. The zero-order valence-electron chi connectivity index (χ0n) is 12.4. The highest BCUT2D eigenvalue weighted by Crippen LogP contribution is 2.08. The fraction of sp³-hybridized carbons (Fsp3) is 0.714. The Morgan fingerprint density at radius 3 is 2.33 bits per heavy atom. The Balaban J connectivity index is 1.94. The SMILES string of the molecule is CCC(=NCC[NH+]1CCCCC1)C1C(=O)NC(=O)NC1=O. The quantitative estimate of drug-likeness (QED) is 0.443. The Morgan fingerprint density at radius 1 is 1.14 bits per heavy atom. The molecule has 0 bridgehead atoms. The lowest BCUT2D eigenvalue weighted by atomic mass is 9.97. The van der Waals surface area contributed by atoms with Gasteiger partial charge in [-0.15, -0.1) is 0 Å². The highest BCUT2D eigenvalue weighted by Gasteiger charge is 2.37. The summed E-state index contributed by atoms with van der Waals surface area (Å²) >= 11 is 0. The van der Waals surface area contributed by atoms with Gasteiger partial charge in [-0.3, -0.25) is 25.2 Å². The number of nitrogens with zero attached hydrogens (tertiary/aromatic N) is 1. The molecular weight excluding hydrogens is 272 g/mol. The molecule has 0 aliphatic carbocycles. The van der Waals surface area contributed by atoms with E-state index in [1.54, 1.807) is 0 Å². The molecule has 7 nitrogen and oxygen atoms in total. The lowest BCUT2D eigenvalue weighted by Crippen LogP contribution is -3.13. The highest BCUT2D eigenvalue weighted by atomic mass is 16.2. The third-order valence-corrected chi connectivity index (χ3v) is 4.03. The van der Waals surface area contributed by atoms with Crippen LogP contribution in [0.2, 0.25) is 0 Å². The highest BCUT2D eigenvalue weighted by molar-refractivity contribution is 6.27. The minimum absolute atomic E-state index is 0.523. The minimum atomic E-state index is -0.968. The second-order valence-electron chi connectivity index (χ2n) is 5.53. The lowest BCUT2D eigenvalue weighted by molar-refractivity contribution is -0.903. The second-order valence-corrected chi connectivity index (χ2v) is 5.53. The van der Waals surface area contributed by atoms with E-state index in [0.29, 0.717) is 18.7 Å². The first-order chi connectivity index (χ1) is 10.1. The summed E-state index contributed by atoms with van der Waals surface area (Å²) < 4.78 is 0. The zero-order valence-corrected chi connectivity index (χ0v) is 12.4. The van der Waals surface area contributed by atoms with Crippen molar-refractivity contribution in [1.82, 2.24) is 10.6 Å². The van der Waals surface area contributed by atoms with Crippen molar-refractivity contribution < 1.29 is 19.3 Å². The number of urea groups is 1. The number of nitrogens with one attached hydrogen (secondary N) is 3.